The van der Waals surface area contributed by atoms with Crippen LogP contribution in [0.1, 0.15) is 10.6 Å². The van der Waals surface area contributed by atoms with Crippen molar-refractivity contribution in [2.24, 2.45) is 0 Å². The number of imidazole rings is 1. The highest BCUT2D eigenvalue weighted by molar-refractivity contribution is 7.11. The molecule has 0 atom stereocenters. The molecule has 0 bridgehead atoms. The van der Waals surface area contributed by atoms with Crippen molar-refractivity contribution in [3.8, 4) is 0 Å². The van der Waals surface area contributed by atoms with E-state index in [1.165, 1.54) is 11.3 Å². The van der Waals surface area contributed by atoms with Gasteiger partial charge in [0, 0.05) is 11.1 Å². The molecule has 6 heteroatoms. The van der Waals surface area contributed by atoms with Gasteiger partial charge in [-0.2, -0.15) is 0 Å². The minimum Gasteiger partial charge on any atom is -0.478 e. The number of hydrogen-bond acceptors (Lipinski definition) is 3. The Morgan fingerprint density at radius 1 is 1.35 bits per heavy atom. The number of aliphatic carboxylic acids is 1. The Kier molecular flexibility index (Phi) is 3.30. The zero-order valence-corrected chi connectivity index (χ0v) is 11.7. The summed E-state index contributed by atoms with van der Waals surface area (Å²) in [6.07, 6.45) is 3.35. The molecule has 0 aromatic carbocycles. The molecule has 3 aromatic rings. The number of thiophene rings is 1. The number of fused-ring (bicyclic) bond motifs is 1. The molecule has 4 nitrogen and oxygen atoms in total. The van der Waals surface area contributed by atoms with Crippen molar-refractivity contribution in [1.82, 2.24) is 9.38 Å². The normalized spacial score (nSPS) is 11.9. The van der Waals surface area contributed by atoms with Crippen LogP contribution in [0.25, 0.3) is 17.3 Å². The summed E-state index contributed by atoms with van der Waals surface area (Å²) in [7, 11) is 0. The third-order valence-corrected chi connectivity index (χ3v) is 4.00. The molecule has 3 aromatic heterocycles. The Morgan fingerprint density at radius 2 is 2.20 bits per heavy atom. The van der Waals surface area contributed by atoms with Crippen LogP contribution in [0.15, 0.2) is 41.9 Å². The largest absolute Gasteiger partial charge is 0.478 e. The fourth-order valence-electron chi connectivity index (χ4n) is 1.92. The molecule has 0 amide bonds. The highest BCUT2D eigenvalue weighted by atomic mass is 35.5. The second-order valence-corrected chi connectivity index (χ2v) is 5.36. The van der Waals surface area contributed by atoms with E-state index < -0.39 is 5.97 Å². The summed E-state index contributed by atoms with van der Waals surface area (Å²) < 4.78 is 1.76. The van der Waals surface area contributed by atoms with Crippen molar-refractivity contribution < 1.29 is 9.90 Å². The van der Waals surface area contributed by atoms with Crippen LogP contribution in [0.5, 0.6) is 0 Å². The number of carbonyl (C=O) groups is 1. The fraction of sp³-hybridized carbons (Fsp3) is 0. The number of carboxylic acid groups (broad SMARTS) is 1. The predicted molar refractivity (Wildman–Crippen MR) is 80.0 cm³/mol. The Morgan fingerprint density at radius 3 is 2.90 bits per heavy atom. The van der Waals surface area contributed by atoms with E-state index in [9.17, 15) is 9.90 Å². The van der Waals surface area contributed by atoms with Gasteiger partial charge >= 0.3 is 5.97 Å². The van der Waals surface area contributed by atoms with Gasteiger partial charge in [-0.05, 0) is 29.7 Å². The smallest absolute Gasteiger partial charge is 0.337 e. The summed E-state index contributed by atoms with van der Waals surface area (Å²) in [4.78, 5) is 16.3. The molecule has 0 fully saturated rings. The van der Waals surface area contributed by atoms with Gasteiger partial charge in [-0.15, -0.1) is 11.3 Å². The van der Waals surface area contributed by atoms with Crippen molar-refractivity contribution in [1.29, 1.82) is 0 Å². The molecule has 0 aliphatic rings. The number of halogens is 1. The summed E-state index contributed by atoms with van der Waals surface area (Å²) in [6, 6.07) is 9.08. The lowest BCUT2D eigenvalue weighted by Crippen LogP contribution is -1.98. The maximum atomic E-state index is 11.4. The minimum atomic E-state index is -0.991. The Hall–Kier alpha value is -2.11. The van der Waals surface area contributed by atoms with E-state index in [4.69, 9.17) is 11.6 Å². The second-order valence-electron chi connectivity index (χ2n) is 4.06. The van der Waals surface area contributed by atoms with Crippen molar-refractivity contribution in [3.05, 3.63) is 57.6 Å². The predicted octanol–water partition coefficient (Wildman–Crippen LogP) is 3.67. The number of carboxylic acids is 1. The summed E-state index contributed by atoms with van der Waals surface area (Å²) in [5, 5.41) is 11.5. The number of nitrogens with zero attached hydrogens (tertiary/aromatic N) is 2. The van der Waals surface area contributed by atoms with E-state index in [1.54, 1.807) is 22.7 Å². The van der Waals surface area contributed by atoms with Crippen molar-refractivity contribution >= 4 is 46.2 Å². The Balaban J connectivity index is 2.22. The van der Waals surface area contributed by atoms with E-state index in [-0.39, 0.29) is 10.7 Å². The first-order chi connectivity index (χ1) is 9.66. The lowest BCUT2D eigenvalue weighted by molar-refractivity contribution is -0.130. The Bertz CT molecular complexity index is 806. The van der Waals surface area contributed by atoms with Crippen molar-refractivity contribution in [2.75, 3.05) is 0 Å². The SMILES string of the molecule is O=C(O)/C(=C\c1c(Cl)nc2ccccn12)c1cccs1. The van der Waals surface area contributed by atoms with Gasteiger partial charge in [0.25, 0.3) is 0 Å². The fourth-order valence-corrected chi connectivity index (χ4v) is 2.89. The first kappa shape index (κ1) is 12.9. The lowest BCUT2D eigenvalue weighted by atomic mass is 10.2. The molecule has 0 radical (unpaired) electrons. The maximum absolute atomic E-state index is 11.4. The molecule has 0 aliphatic heterocycles. The number of rotatable bonds is 3. The zero-order valence-electron chi connectivity index (χ0n) is 10.2. The van der Waals surface area contributed by atoms with Crippen LogP contribution in [-0.4, -0.2) is 20.5 Å². The second kappa shape index (κ2) is 5.11. The summed E-state index contributed by atoms with van der Waals surface area (Å²) in [5.41, 5.74) is 1.44. The van der Waals surface area contributed by atoms with E-state index >= 15 is 0 Å². The van der Waals surface area contributed by atoms with Gasteiger partial charge in [0.15, 0.2) is 5.15 Å². The van der Waals surface area contributed by atoms with Crippen molar-refractivity contribution in [2.45, 2.75) is 0 Å². The molecule has 100 valence electrons. The molecule has 0 saturated carbocycles. The van der Waals surface area contributed by atoms with Crippen LogP contribution in [0.4, 0.5) is 0 Å². The van der Waals surface area contributed by atoms with Crippen LogP contribution in [0, 0.1) is 0 Å². The molecule has 3 heterocycles. The van der Waals surface area contributed by atoms with Gasteiger partial charge in [-0.3, -0.25) is 4.40 Å². The summed E-state index contributed by atoms with van der Waals surface area (Å²) in [6.45, 7) is 0. The first-order valence-electron chi connectivity index (χ1n) is 5.78. The van der Waals surface area contributed by atoms with E-state index in [0.29, 0.717) is 16.2 Å². The molecule has 0 spiro atoms. The maximum Gasteiger partial charge on any atom is 0.337 e. The number of aromatic nitrogens is 2. The number of hydrogen-bond donors (Lipinski definition) is 1. The van der Waals surface area contributed by atoms with Crippen LogP contribution in [0.2, 0.25) is 5.15 Å². The Labute approximate surface area is 123 Å². The van der Waals surface area contributed by atoms with Crippen LogP contribution >= 0.6 is 22.9 Å². The monoisotopic (exact) mass is 304 g/mol. The average molecular weight is 305 g/mol. The standard InChI is InChI=1S/C14H9ClN2O2S/c15-13-10(17-6-2-1-5-12(17)16-13)8-9(14(18)19)11-4-3-7-20-11/h1-8H,(H,18,19)/b9-8-. The molecule has 3 rings (SSSR count). The molecule has 1 N–H and O–H groups in total. The highest BCUT2D eigenvalue weighted by Gasteiger charge is 2.15. The summed E-state index contributed by atoms with van der Waals surface area (Å²) >= 11 is 7.48. The van der Waals surface area contributed by atoms with Crippen LogP contribution < -0.4 is 0 Å². The molecule has 0 saturated heterocycles. The molecule has 0 aliphatic carbocycles. The lowest BCUT2D eigenvalue weighted by Gasteiger charge is -2.00. The van der Waals surface area contributed by atoms with Gasteiger partial charge < -0.3 is 5.11 Å². The van der Waals surface area contributed by atoms with Gasteiger partial charge in [-0.1, -0.05) is 23.7 Å². The first-order valence-corrected chi connectivity index (χ1v) is 7.04. The molecule has 0 unspecified atom stereocenters. The van der Waals surface area contributed by atoms with Crippen LogP contribution in [-0.2, 0) is 4.79 Å². The van der Waals surface area contributed by atoms with Gasteiger partial charge in [0.1, 0.15) is 5.65 Å². The van der Waals surface area contributed by atoms with Crippen molar-refractivity contribution in [3.63, 3.8) is 0 Å². The molecular weight excluding hydrogens is 296 g/mol. The third kappa shape index (κ3) is 2.21. The third-order valence-electron chi connectivity index (χ3n) is 2.82. The average Bonchev–Trinajstić information content (AvgIpc) is 3.03. The zero-order chi connectivity index (χ0) is 14.1. The number of pyridine rings is 1. The highest BCUT2D eigenvalue weighted by Crippen LogP contribution is 2.26. The summed E-state index contributed by atoms with van der Waals surface area (Å²) in [5.74, 6) is -0.991. The topological polar surface area (TPSA) is 54.6 Å². The molecular formula is C14H9ClN2O2S. The van der Waals surface area contributed by atoms with Gasteiger partial charge in [-0.25, -0.2) is 9.78 Å². The van der Waals surface area contributed by atoms with Gasteiger partial charge in [0.05, 0.1) is 11.3 Å². The minimum absolute atomic E-state index is 0.201. The molecule has 20 heavy (non-hydrogen) atoms. The van der Waals surface area contributed by atoms with Gasteiger partial charge in [0.2, 0.25) is 0 Å². The van der Waals surface area contributed by atoms with Crippen LogP contribution in [0.3, 0.4) is 0 Å². The van der Waals surface area contributed by atoms with E-state index in [0.717, 1.165) is 0 Å². The van der Waals surface area contributed by atoms with E-state index in [1.807, 2.05) is 29.6 Å². The van der Waals surface area contributed by atoms with E-state index in [2.05, 4.69) is 4.98 Å². The quantitative estimate of drug-likeness (QED) is 0.751.